The van der Waals surface area contributed by atoms with E-state index in [4.69, 9.17) is 0 Å². The van der Waals surface area contributed by atoms with E-state index in [-0.39, 0.29) is 0 Å². The predicted molar refractivity (Wildman–Crippen MR) is 128 cm³/mol. The molecule has 0 amide bonds. The van der Waals surface area contributed by atoms with Crippen molar-refractivity contribution in [3.8, 4) is 0 Å². The van der Waals surface area contributed by atoms with Gasteiger partial charge in [-0.15, -0.1) is 11.3 Å². The van der Waals surface area contributed by atoms with Crippen molar-refractivity contribution >= 4 is 38.7 Å². The largest absolute Gasteiger partial charge is 0.372 e. The molecule has 1 atom stereocenters. The number of fused-ring (bicyclic) bond motifs is 3. The van der Waals surface area contributed by atoms with Crippen molar-refractivity contribution in [1.82, 2.24) is 9.97 Å². The number of hydrogen-bond acceptors (Lipinski definition) is 5. The van der Waals surface area contributed by atoms with Crippen molar-refractivity contribution in [2.45, 2.75) is 59.3 Å². The Bertz CT molecular complexity index is 1030. The van der Waals surface area contributed by atoms with E-state index in [1.54, 1.807) is 6.33 Å². The number of rotatable bonds is 3. The molecule has 30 heavy (non-hydrogen) atoms. The van der Waals surface area contributed by atoms with Crippen molar-refractivity contribution in [2.24, 2.45) is 11.3 Å². The molecule has 1 fully saturated rings. The highest BCUT2D eigenvalue weighted by Crippen LogP contribution is 2.44. The molecule has 2 aromatic heterocycles. The number of thiophene rings is 1. The molecule has 1 aromatic carbocycles. The van der Waals surface area contributed by atoms with Gasteiger partial charge in [-0.2, -0.15) is 0 Å². The Kier molecular flexibility index (Phi) is 5.18. The van der Waals surface area contributed by atoms with Crippen LogP contribution in [0.5, 0.6) is 0 Å². The van der Waals surface area contributed by atoms with E-state index in [1.807, 2.05) is 11.3 Å². The van der Waals surface area contributed by atoms with Crippen LogP contribution in [0.2, 0.25) is 0 Å². The summed E-state index contributed by atoms with van der Waals surface area (Å²) in [5, 5.41) is 4.83. The quantitative estimate of drug-likeness (QED) is 0.520. The minimum Gasteiger partial charge on any atom is -0.372 e. The maximum absolute atomic E-state index is 4.64. The monoisotopic (exact) mass is 420 g/mol. The van der Waals surface area contributed by atoms with E-state index < -0.39 is 0 Å². The molecule has 5 heteroatoms. The van der Waals surface area contributed by atoms with E-state index in [0.29, 0.717) is 5.41 Å². The van der Waals surface area contributed by atoms with E-state index in [0.717, 1.165) is 28.7 Å². The van der Waals surface area contributed by atoms with Crippen molar-refractivity contribution in [2.75, 3.05) is 23.3 Å². The van der Waals surface area contributed by atoms with Crippen LogP contribution in [-0.4, -0.2) is 23.1 Å². The maximum atomic E-state index is 4.64. The first kappa shape index (κ1) is 19.8. The Morgan fingerprint density at radius 2 is 1.80 bits per heavy atom. The minimum atomic E-state index is 0.358. The molecule has 3 aromatic rings. The van der Waals surface area contributed by atoms with Crippen LogP contribution in [0.15, 0.2) is 30.6 Å². The molecule has 0 spiro atoms. The molecule has 0 radical (unpaired) electrons. The summed E-state index contributed by atoms with van der Waals surface area (Å²) in [5.74, 6) is 1.70. The molecule has 5 rings (SSSR count). The summed E-state index contributed by atoms with van der Waals surface area (Å²) in [7, 11) is 0. The summed E-state index contributed by atoms with van der Waals surface area (Å²) in [5.41, 5.74) is 4.26. The summed E-state index contributed by atoms with van der Waals surface area (Å²) >= 11 is 1.87. The minimum absolute atomic E-state index is 0.358. The molecule has 4 nitrogen and oxygen atoms in total. The number of hydrogen-bond donors (Lipinski definition) is 1. The second-order valence-corrected chi connectivity index (χ2v) is 11.0. The molecule has 1 unspecified atom stereocenters. The molecular formula is C25H32N4S. The highest BCUT2D eigenvalue weighted by molar-refractivity contribution is 7.19. The van der Waals surface area contributed by atoms with Crippen molar-refractivity contribution in [1.29, 1.82) is 0 Å². The third-order valence-electron chi connectivity index (χ3n) is 6.92. The summed E-state index contributed by atoms with van der Waals surface area (Å²) in [6.45, 7) is 9.47. The van der Waals surface area contributed by atoms with E-state index in [9.17, 15) is 0 Å². The normalized spacial score (nSPS) is 19.7. The number of anilines is 3. The fourth-order valence-corrected chi connectivity index (χ4v) is 6.26. The summed E-state index contributed by atoms with van der Waals surface area (Å²) in [6.07, 6.45) is 9.23. The highest BCUT2D eigenvalue weighted by Gasteiger charge is 2.31. The van der Waals surface area contributed by atoms with Crippen LogP contribution in [0, 0.1) is 11.3 Å². The van der Waals surface area contributed by atoms with Crippen LogP contribution >= 0.6 is 11.3 Å². The molecule has 0 bridgehead atoms. The Hall–Kier alpha value is -2.14. The number of aromatic nitrogens is 2. The molecule has 1 N–H and O–H groups in total. The van der Waals surface area contributed by atoms with Gasteiger partial charge in [-0.3, -0.25) is 0 Å². The first-order valence-electron chi connectivity index (χ1n) is 11.4. The van der Waals surface area contributed by atoms with Crippen LogP contribution < -0.4 is 10.2 Å². The van der Waals surface area contributed by atoms with Gasteiger partial charge in [-0.25, -0.2) is 9.97 Å². The Morgan fingerprint density at radius 3 is 2.53 bits per heavy atom. The van der Waals surface area contributed by atoms with Crippen LogP contribution in [0.1, 0.15) is 56.9 Å². The first-order chi connectivity index (χ1) is 14.5. The topological polar surface area (TPSA) is 41.1 Å². The Labute approximate surface area is 183 Å². The average Bonchev–Trinajstić information content (AvgIpc) is 3.13. The second-order valence-electron chi connectivity index (χ2n) is 9.93. The number of nitrogens with one attached hydrogen (secondary N) is 1. The second kappa shape index (κ2) is 7.84. The Morgan fingerprint density at radius 1 is 1.03 bits per heavy atom. The summed E-state index contributed by atoms with van der Waals surface area (Å²) in [6, 6.07) is 8.85. The number of nitrogens with zero attached hydrogens (tertiary/aromatic N) is 3. The van der Waals surface area contributed by atoms with Crippen LogP contribution in [0.25, 0.3) is 10.2 Å². The van der Waals surface area contributed by atoms with Gasteiger partial charge < -0.3 is 10.2 Å². The average molecular weight is 421 g/mol. The molecule has 2 aliphatic rings. The third-order valence-corrected chi connectivity index (χ3v) is 8.08. The van der Waals surface area contributed by atoms with Gasteiger partial charge in [-0.05, 0) is 79.7 Å². The summed E-state index contributed by atoms with van der Waals surface area (Å²) in [4.78, 5) is 14.4. The lowest BCUT2D eigenvalue weighted by atomic mass is 9.72. The van der Waals surface area contributed by atoms with Crippen molar-refractivity contribution < 1.29 is 0 Å². The number of benzene rings is 1. The lowest BCUT2D eigenvalue weighted by Crippen LogP contribution is -2.29. The zero-order chi connectivity index (χ0) is 20.7. The fraction of sp³-hybridized carbons (Fsp3) is 0.520. The smallest absolute Gasteiger partial charge is 0.142 e. The molecule has 3 heterocycles. The van der Waals surface area contributed by atoms with Crippen molar-refractivity contribution in [3.63, 3.8) is 0 Å². The van der Waals surface area contributed by atoms with E-state index in [2.05, 4.69) is 65.2 Å². The summed E-state index contributed by atoms with van der Waals surface area (Å²) < 4.78 is 0. The molecule has 0 saturated carbocycles. The zero-order valence-electron chi connectivity index (χ0n) is 18.4. The lowest BCUT2D eigenvalue weighted by Gasteiger charge is -2.33. The number of piperidine rings is 1. The molecule has 1 aliphatic heterocycles. The predicted octanol–water partition coefficient (Wildman–Crippen LogP) is 6.58. The van der Waals surface area contributed by atoms with Crippen molar-refractivity contribution in [3.05, 3.63) is 41.0 Å². The zero-order valence-corrected chi connectivity index (χ0v) is 19.2. The Balaban J connectivity index is 1.41. The van der Waals surface area contributed by atoms with E-state index >= 15 is 0 Å². The highest BCUT2D eigenvalue weighted by atomic mass is 32.1. The van der Waals surface area contributed by atoms with Gasteiger partial charge in [0.15, 0.2) is 0 Å². The SMILES string of the molecule is CC(C)(C)C1CCc2c(sc3ncnc(Nc4ccc(N5CCCCC5)cc4)c23)C1. The lowest BCUT2D eigenvalue weighted by molar-refractivity contribution is 0.218. The maximum Gasteiger partial charge on any atom is 0.142 e. The van der Waals surface area contributed by atoms with Crippen LogP contribution in [-0.2, 0) is 12.8 Å². The molecule has 1 saturated heterocycles. The molecule has 1 aliphatic carbocycles. The van der Waals surface area contributed by atoms with Gasteiger partial charge in [0.2, 0.25) is 0 Å². The fourth-order valence-electron chi connectivity index (χ4n) is 4.99. The van der Waals surface area contributed by atoms with Crippen LogP contribution in [0.4, 0.5) is 17.2 Å². The van der Waals surface area contributed by atoms with Gasteiger partial charge in [0.1, 0.15) is 17.0 Å². The first-order valence-corrected chi connectivity index (χ1v) is 12.2. The third kappa shape index (κ3) is 3.80. The number of aryl methyl sites for hydroxylation is 1. The standard InChI is InChI=1S/C25H32N4S/c1-25(2,3)17-7-12-20-21(15-17)30-24-22(20)23(26-16-27-24)28-18-8-10-19(11-9-18)29-13-5-4-6-14-29/h8-11,16-17H,4-7,12-15H2,1-3H3,(H,26,27,28). The van der Waals surface area contributed by atoms with E-state index in [1.165, 1.54) is 66.7 Å². The van der Waals surface area contributed by atoms with Gasteiger partial charge in [0, 0.05) is 29.3 Å². The van der Waals surface area contributed by atoms with Crippen LogP contribution in [0.3, 0.4) is 0 Å². The molecule has 158 valence electrons. The van der Waals surface area contributed by atoms with Gasteiger partial charge >= 0.3 is 0 Å². The van der Waals surface area contributed by atoms with Gasteiger partial charge in [0.05, 0.1) is 5.39 Å². The van der Waals surface area contributed by atoms with Gasteiger partial charge in [0.25, 0.3) is 0 Å². The molecular weight excluding hydrogens is 388 g/mol. The van der Waals surface area contributed by atoms with Gasteiger partial charge in [-0.1, -0.05) is 20.8 Å².